The van der Waals surface area contributed by atoms with Gasteiger partial charge >= 0.3 is 0 Å². The molecule has 1 aliphatic heterocycles. The maximum absolute atomic E-state index is 13.9. The molecular formula is C23H25FN4O. The third kappa shape index (κ3) is 4.38. The summed E-state index contributed by atoms with van der Waals surface area (Å²) in [6.07, 6.45) is 3.57. The second-order valence-corrected chi connectivity index (χ2v) is 7.75. The zero-order chi connectivity index (χ0) is 20.4. The van der Waals surface area contributed by atoms with E-state index in [0.29, 0.717) is 6.54 Å². The van der Waals surface area contributed by atoms with Crippen molar-refractivity contribution < 1.29 is 9.18 Å². The van der Waals surface area contributed by atoms with Crippen molar-refractivity contribution in [2.45, 2.75) is 26.3 Å². The number of nitrogens with zero attached hydrogens (tertiary/aromatic N) is 3. The lowest BCUT2D eigenvalue weighted by molar-refractivity contribution is -0.123. The number of hydrogen-bond donors (Lipinski definition) is 1. The van der Waals surface area contributed by atoms with Crippen molar-refractivity contribution in [2.24, 2.45) is 11.7 Å². The normalized spacial score (nSPS) is 15.5. The molecule has 4 rings (SSSR count). The highest BCUT2D eigenvalue weighted by molar-refractivity contribution is 5.76. The molecule has 1 fully saturated rings. The Morgan fingerprint density at radius 1 is 1.17 bits per heavy atom. The molecule has 1 aromatic heterocycles. The molecule has 0 saturated carbocycles. The zero-order valence-corrected chi connectivity index (χ0v) is 16.5. The van der Waals surface area contributed by atoms with Crippen molar-refractivity contribution in [3.05, 3.63) is 71.7 Å². The molecule has 2 heterocycles. The monoisotopic (exact) mass is 392 g/mol. The van der Waals surface area contributed by atoms with Gasteiger partial charge in [0.05, 0.1) is 11.4 Å². The van der Waals surface area contributed by atoms with Crippen molar-refractivity contribution in [3.8, 4) is 16.9 Å². The number of carbonyl (C=O) groups is 1. The van der Waals surface area contributed by atoms with E-state index in [1.54, 1.807) is 6.07 Å². The fourth-order valence-corrected chi connectivity index (χ4v) is 3.92. The van der Waals surface area contributed by atoms with E-state index in [2.05, 4.69) is 11.0 Å². The van der Waals surface area contributed by atoms with Crippen molar-refractivity contribution in [1.29, 1.82) is 0 Å². The van der Waals surface area contributed by atoms with Crippen LogP contribution in [0.3, 0.4) is 0 Å². The van der Waals surface area contributed by atoms with Gasteiger partial charge in [-0.2, -0.15) is 5.10 Å². The molecule has 3 aromatic rings. The molecule has 2 aromatic carbocycles. The van der Waals surface area contributed by atoms with Gasteiger partial charge in [0.1, 0.15) is 5.82 Å². The lowest BCUT2D eigenvalue weighted by Gasteiger charge is -2.30. The summed E-state index contributed by atoms with van der Waals surface area (Å²) in [6.45, 7) is 4.37. The number of halogens is 1. The van der Waals surface area contributed by atoms with Gasteiger partial charge in [-0.3, -0.25) is 9.69 Å². The van der Waals surface area contributed by atoms with Crippen LogP contribution in [0.2, 0.25) is 0 Å². The molecule has 0 unspecified atom stereocenters. The van der Waals surface area contributed by atoms with Crippen molar-refractivity contribution >= 4 is 5.91 Å². The summed E-state index contributed by atoms with van der Waals surface area (Å²) in [6, 6.07) is 14.7. The number of likely N-dealkylation sites (tertiary alicyclic amines) is 1. The van der Waals surface area contributed by atoms with E-state index in [9.17, 15) is 9.18 Å². The molecule has 0 bridgehead atoms. The topological polar surface area (TPSA) is 64.2 Å². The second-order valence-electron chi connectivity index (χ2n) is 7.75. The van der Waals surface area contributed by atoms with Gasteiger partial charge in [-0.25, -0.2) is 9.07 Å². The molecule has 0 aliphatic carbocycles. The molecule has 0 atom stereocenters. The summed E-state index contributed by atoms with van der Waals surface area (Å²) in [4.78, 5) is 13.7. The first-order chi connectivity index (χ1) is 14.0. The Kier molecular flexibility index (Phi) is 5.45. The molecule has 5 nitrogen and oxygen atoms in total. The van der Waals surface area contributed by atoms with E-state index >= 15 is 0 Å². The van der Waals surface area contributed by atoms with E-state index in [-0.39, 0.29) is 17.6 Å². The number of primary amides is 1. The average molecular weight is 392 g/mol. The van der Waals surface area contributed by atoms with Gasteiger partial charge in [0.15, 0.2) is 0 Å². The van der Waals surface area contributed by atoms with E-state index in [1.165, 1.54) is 12.1 Å². The first kappa shape index (κ1) is 19.3. The number of amides is 1. The first-order valence-corrected chi connectivity index (χ1v) is 9.93. The Balaban J connectivity index is 1.65. The highest BCUT2D eigenvalue weighted by atomic mass is 19.1. The van der Waals surface area contributed by atoms with Crippen LogP contribution in [0.5, 0.6) is 0 Å². The number of hydrogen-bond acceptors (Lipinski definition) is 3. The standard InChI is InChI=1S/C23H25FN4O/c1-16-4-2-7-21(12-16)28-15-19(14-27-10-8-17(9-11-27)23(25)29)22(26-28)18-5-3-6-20(24)13-18/h2-7,12-13,15,17H,8-11,14H2,1H3,(H2,25,29). The molecule has 0 spiro atoms. The fraction of sp³-hybridized carbons (Fsp3) is 0.304. The van der Waals surface area contributed by atoms with Crippen molar-refractivity contribution in [2.75, 3.05) is 13.1 Å². The maximum atomic E-state index is 13.9. The van der Waals surface area contributed by atoms with Crippen molar-refractivity contribution in [3.63, 3.8) is 0 Å². The van der Waals surface area contributed by atoms with Crippen molar-refractivity contribution in [1.82, 2.24) is 14.7 Å². The summed E-state index contributed by atoms with van der Waals surface area (Å²) >= 11 is 0. The van der Waals surface area contributed by atoms with Crippen LogP contribution < -0.4 is 5.73 Å². The van der Waals surface area contributed by atoms with Gasteiger partial charge in [-0.15, -0.1) is 0 Å². The second kappa shape index (κ2) is 8.17. The van der Waals surface area contributed by atoms with Gasteiger partial charge in [-0.1, -0.05) is 24.3 Å². The summed E-state index contributed by atoms with van der Waals surface area (Å²) in [7, 11) is 0. The number of carbonyl (C=O) groups excluding carboxylic acids is 1. The molecule has 29 heavy (non-hydrogen) atoms. The quantitative estimate of drug-likeness (QED) is 0.720. The van der Waals surface area contributed by atoms with Crippen LogP contribution in [-0.4, -0.2) is 33.7 Å². The van der Waals surface area contributed by atoms with Crippen LogP contribution in [0.15, 0.2) is 54.7 Å². The minimum Gasteiger partial charge on any atom is -0.369 e. The average Bonchev–Trinajstić information content (AvgIpc) is 3.12. The van der Waals surface area contributed by atoms with Crippen LogP contribution in [0, 0.1) is 18.7 Å². The largest absolute Gasteiger partial charge is 0.369 e. The van der Waals surface area contributed by atoms with E-state index in [0.717, 1.165) is 54.0 Å². The number of nitrogens with two attached hydrogens (primary N) is 1. The third-order valence-corrected chi connectivity index (χ3v) is 5.54. The minimum atomic E-state index is -0.277. The number of aromatic nitrogens is 2. The Morgan fingerprint density at radius 2 is 1.93 bits per heavy atom. The Labute approximate surface area is 169 Å². The van der Waals surface area contributed by atoms with Crippen LogP contribution in [0.25, 0.3) is 16.9 Å². The predicted octanol–water partition coefficient (Wildman–Crippen LogP) is 3.68. The predicted molar refractivity (Wildman–Crippen MR) is 111 cm³/mol. The summed E-state index contributed by atoms with van der Waals surface area (Å²) < 4.78 is 15.7. The van der Waals surface area contributed by atoms with Gasteiger partial charge < -0.3 is 5.73 Å². The fourth-order valence-electron chi connectivity index (χ4n) is 3.92. The Hall–Kier alpha value is -2.99. The SMILES string of the molecule is Cc1cccc(-n2cc(CN3CCC(C(N)=O)CC3)c(-c3cccc(F)c3)n2)c1. The highest BCUT2D eigenvalue weighted by Crippen LogP contribution is 2.27. The lowest BCUT2D eigenvalue weighted by Crippen LogP contribution is -2.38. The summed E-state index contributed by atoms with van der Waals surface area (Å²) in [5.41, 5.74) is 10.2. The maximum Gasteiger partial charge on any atom is 0.220 e. The van der Waals surface area contributed by atoms with Crippen LogP contribution in [0.1, 0.15) is 24.0 Å². The molecule has 2 N–H and O–H groups in total. The van der Waals surface area contributed by atoms with Gasteiger partial charge in [-0.05, 0) is 62.7 Å². The van der Waals surface area contributed by atoms with Crippen LogP contribution >= 0.6 is 0 Å². The smallest absolute Gasteiger partial charge is 0.220 e. The summed E-state index contributed by atoms with van der Waals surface area (Å²) in [5, 5.41) is 4.79. The number of benzene rings is 2. The van der Waals surface area contributed by atoms with Gasteiger partial charge in [0.2, 0.25) is 5.91 Å². The molecular weight excluding hydrogens is 367 g/mol. The molecule has 1 aliphatic rings. The molecule has 0 radical (unpaired) electrons. The van der Waals surface area contributed by atoms with Crippen LogP contribution in [-0.2, 0) is 11.3 Å². The van der Waals surface area contributed by atoms with Gasteiger partial charge in [0, 0.05) is 29.8 Å². The van der Waals surface area contributed by atoms with E-state index in [1.807, 2.05) is 42.1 Å². The molecule has 1 saturated heterocycles. The minimum absolute atomic E-state index is 0.0380. The Bertz CT molecular complexity index is 1020. The number of rotatable bonds is 5. The van der Waals surface area contributed by atoms with Crippen LogP contribution in [0.4, 0.5) is 4.39 Å². The first-order valence-electron chi connectivity index (χ1n) is 9.93. The van der Waals surface area contributed by atoms with Gasteiger partial charge in [0.25, 0.3) is 0 Å². The highest BCUT2D eigenvalue weighted by Gasteiger charge is 2.24. The lowest BCUT2D eigenvalue weighted by atomic mass is 9.96. The van der Waals surface area contributed by atoms with E-state index in [4.69, 9.17) is 10.8 Å². The Morgan fingerprint density at radius 3 is 2.62 bits per heavy atom. The zero-order valence-electron chi connectivity index (χ0n) is 16.5. The molecule has 6 heteroatoms. The van der Waals surface area contributed by atoms with E-state index < -0.39 is 0 Å². The molecule has 150 valence electrons. The number of piperidine rings is 1. The molecule has 1 amide bonds. The third-order valence-electron chi connectivity index (χ3n) is 5.54. The number of aryl methyl sites for hydroxylation is 1. The summed E-state index contributed by atoms with van der Waals surface area (Å²) in [5.74, 6) is -0.526.